The molecule has 2 aromatic carbocycles. The monoisotopic (exact) mass is 387 g/mol. The van der Waals surface area contributed by atoms with Gasteiger partial charge >= 0.3 is 5.97 Å². The second-order valence-electron chi connectivity index (χ2n) is 5.78. The van der Waals surface area contributed by atoms with Crippen molar-refractivity contribution < 1.29 is 28.9 Å². The van der Waals surface area contributed by atoms with Crippen LogP contribution in [-0.4, -0.2) is 36.8 Å². The molecule has 2 rings (SSSR count). The van der Waals surface area contributed by atoms with E-state index in [4.69, 9.17) is 19.3 Å². The Bertz CT molecular complexity index is 806. The first-order valence-corrected chi connectivity index (χ1v) is 9.17. The van der Waals surface area contributed by atoms with Gasteiger partial charge in [-0.2, -0.15) is 0 Å². The predicted octanol–water partition coefficient (Wildman–Crippen LogP) is 3.76. The molecule has 1 amide bonds. The minimum absolute atomic E-state index is 0.186. The van der Waals surface area contributed by atoms with Gasteiger partial charge in [0.15, 0.2) is 11.5 Å². The largest absolute Gasteiger partial charge is 0.490 e. The number of nitrogens with one attached hydrogen (secondary N) is 1. The van der Waals surface area contributed by atoms with E-state index in [0.29, 0.717) is 53.9 Å². The third-order valence-corrected chi connectivity index (χ3v) is 3.78. The Hall–Kier alpha value is -3.22. The van der Waals surface area contributed by atoms with Gasteiger partial charge in [0, 0.05) is 11.3 Å². The lowest BCUT2D eigenvalue weighted by atomic mass is 10.1. The molecule has 7 heteroatoms. The summed E-state index contributed by atoms with van der Waals surface area (Å²) in [7, 11) is 0. The quantitative estimate of drug-likeness (QED) is 0.645. The normalized spacial score (nSPS) is 10.2. The van der Waals surface area contributed by atoms with Gasteiger partial charge in [-0.05, 0) is 44.5 Å². The first kappa shape index (κ1) is 21.1. The Morgan fingerprint density at radius 1 is 0.929 bits per heavy atom. The average molecular weight is 387 g/mol. The molecule has 0 saturated carbocycles. The van der Waals surface area contributed by atoms with Gasteiger partial charge in [-0.3, -0.25) is 9.59 Å². The van der Waals surface area contributed by atoms with Gasteiger partial charge in [-0.1, -0.05) is 18.2 Å². The molecule has 0 bridgehead atoms. The maximum Gasteiger partial charge on any atom is 0.307 e. The van der Waals surface area contributed by atoms with Crippen LogP contribution in [0.4, 0.5) is 5.69 Å². The van der Waals surface area contributed by atoms with Gasteiger partial charge in [0.05, 0.1) is 26.2 Å². The average Bonchev–Trinajstić information content (AvgIpc) is 2.65. The van der Waals surface area contributed by atoms with E-state index in [1.54, 1.807) is 36.4 Å². The van der Waals surface area contributed by atoms with Crippen molar-refractivity contribution in [2.24, 2.45) is 0 Å². The minimum Gasteiger partial charge on any atom is -0.490 e. The molecule has 0 saturated heterocycles. The van der Waals surface area contributed by atoms with Crippen LogP contribution in [0, 0.1) is 0 Å². The molecule has 0 aliphatic rings. The minimum atomic E-state index is -0.972. The number of carboxylic acids is 1. The third-order valence-electron chi connectivity index (χ3n) is 3.78. The Kier molecular flexibility index (Phi) is 7.68. The topological polar surface area (TPSA) is 94.1 Å². The summed E-state index contributed by atoms with van der Waals surface area (Å²) in [4.78, 5) is 23.9. The van der Waals surface area contributed by atoms with Crippen molar-refractivity contribution in [3.63, 3.8) is 0 Å². The van der Waals surface area contributed by atoms with Crippen LogP contribution in [0.15, 0.2) is 36.4 Å². The van der Waals surface area contributed by atoms with E-state index >= 15 is 0 Å². The van der Waals surface area contributed by atoms with Crippen LogP contribution in [-0.2, 0) is 11.2 Å². The Labute approximate surface area is 164 Å². The predicted molar refractivity (Wildman–Crippen MR) is 106 cm³/mol. The summed E-state index contributed by atoms with van der Waals surface area (Å²) in [6.07, 6.45) is -0.186. The molecule has 0 radical (unpaired) electrons. The number of hydrogen-bond acceptors (Lipinski definition) is 5. The highest BCUT2D eigenvalue weighted by molar-refractivity contribution is 6.05. The number of carbonyl (C=O) groups excluding carboxylic acids is 1. The summed E-state index contributed by atoms with van der Waals surface area (Å²) in [5.41, 5.74) is 1.28. The molecule has 2 aromatic rings. The number of aliphatic carboxylic acids is 1. The van der Waals surface area contributed by atoms with Gasteiger partial charge < -0.3 is 24.6 Å². The number of carbonyl (C=O) groups is 2. The fourth-order valence-corrected chi connectivity index (χ4v) is 2.67. The highest BCUT2D eigenvalue weighted by atomic mass is 16.5. The molecule has 0 spiro atoms. The Morgan fingerprint density at radius 2 is 1.50 bits per heavy atom. The van der Waals surface area contributed by atoms with E-state index in [9.17, 15) is 9.59 Å². The summed E-state index contributed by atoms with van der Waals surface area (Å²) < 4.78 is 16.9. The zero-order chi connectivity index (χ0) is 20.5. The SMILES string of the molecule is CCOc1cc(C(=O)Nc2ccccc2CC(=O)O)cc(OCC)c1OCC. The summed E-state index contributed by atoms with van der Waals surface area (Å²) in [6.45, 7) is 6.76. The van der Waals surface area contributed by atoms with Gasteiger partial charge in [-0.15, -0.1) is 0 Å². The van der Waals surface area contributed by atoms with Crippen molar-refractivity contribution in [2.45, 2.75) is 27.2 Å². The molecular weight excluding hydrogens is 362 g/mol. The summed E-state index contributed by atoms with van der Waals surface area (Å²) >= 11 is 0. The standard InChI is InChI=1S/C21H25NO6/c1-4-26-17-11-15(12-18(27-5-2)20(17)28-6-3)21(25)22-16-10-8-7-9-14(16)13-19(23)24/h7-12H,4-6,13H2,1-3H3,(H,22,25)(H,23,24). The van der Waals surface area contributed by atoms with Crippen LogP contribution in [0.5, 0.6) is 17.2 Å². The number of para-hydroxylation sites is 1. The van der Waals surface area contributed by atoms with Crippen LogP contribution in [0.3, 0.4) is 0 Å². The highest BCUT2D eigenvalue weighted by Crippen LogP contribution is 2.39. The second kappa shape index (κ2) is 10.2. The molecule has 2 N–H and O–H groups in total. The number of ether oxygens (including phenoxy) is 3. The van der Waals surface area contributed by atoms with Crippen LogP contribution in [0.2, 0.25) is 0 Å². The summed E-state index contributed by atoms with van der Waals surface area (Å²) in [5, 5.41) is 11.8. The summed E-state index contributed by atoms with van der Waals surface area (Å²) in [6, 6.07) is 9.97. The zero-order valence-corrected chi connectivity index (χ0v) is 16.3. The van der Waals surface area contributed by atoms with Crippen molar-refractivity contribution in [3.8, 4) is 17.2 Å². The maximum atomic E-state index is 12.8. The van der Waals surface area contributed by atoms with Gasteiger partial charge in [0.25, 0.3) is 5.91 Å². The van der Waals surface area contributed by atoms with E-state index in [0.717, 1.165) is 0 Å². The van der Waals surface area contributed by atoms with Crippen molar-refractivity contribution in [2.75, 3.05) is 25.1 Å². The van der Waals surface area contributed by atoms with Crippen molar-refractivity contribution >= 4 is 17.6 Å². The maximum absolute atomic E-state index is 12.8. The lowest BCUT2D eigenvalue weighted by molar-refractivity contribution is -0.136. The molecule has 0 heterocycles. The van der Waals surface area contributed by atoms with Crippen molar-refractivity contribution in [1.29, 1.82) is 0 Å². The molecular formula is C21H25NO6. The number of benzene rings is 2. The molecule has 0 unspecified atom stereocenters. The molecule has 28 heavy (non-hydrogen) atoms. The third kappa shape index (κ3) is 5.39. The smallest absolute Gasteiger partial charge is 0.307 e. The molecule has 0 aliphatic carbocycles. The first-order valence-electron chi connectivity index (χ1n) is 9.17. The van der Waals surface area contributed by atoms with E-state index < -0.39 is 11.9 Å². The van der Waals surface area contributed by atoms with E-state index in [2.05, 4.69) is 5.32 Å². The number of hydrogen-bond donors (Lipinski definition) is 2. The van der Waals surface area contributed by atoms with Crippen LogP contribution in [0.25, 0.3) is 0 Å². The first-order chi connectivity index (χ1) is 13.5. The fourth-order valence-electron chi connectivity index (χ4n) is 2.67. The molecule has 0 atom stereocenters. The molecule has 7 nitrogen and oxygen atoms in total. The second-order valence-corrected chi connectivity index (χ2v) is 5.78. The Morgan fingerprint density at radius 3 is 2.04 bits per heavy atom. The van der Waals surface area contributed by atoms with Gasteiger partial charge in [-0.25, -0.2) is 0 Å². The number of carboxylic acid groups (broad SMARTS) is 1. The molecule has 0 aliphatic heterocycles. The lowest BCUT2D eigenvalue weighted by Crippen LogP contribution is -2.15. The molecule has 0 fully saturated rings. The molecule has 150 valence electrons. The van der Waals surface area contributed by atoms with Crippen LogP contribution in [0.1, 0.15) is 36.7 Å². The zero-order valence-electron chi connectivity index (χ0n) is 16.3. The highest BCUT2D eigenvalue weighted by Gasteiger charge is 2.19. The van der Waals surface area contributed by atoms with Crippen LogP contribution < -0.4 is 19.5 Å². The number of rotatable bonds is 10. The van der Waals surface area contributed by atoms with E-state index in [1.807, 2.05) is 20.8 Å². The van der Waals surface area contributed by atoms with Crippen LogP contribution >= 0.6 is 0 Å². The van der Waals surface area contributed by atoms with Crippen molar-refractivity contribution in [1.82, 2.24) is 0 Å². The number of anilines is 1. The summed E-state index contributed by atoms with van der Waals surface area (Å²) in [5.74, 6) is -0.0876. The van der Waals surface area contributed by atoms with Gasteiger partial charge in [0.1, 0.15) is 0 Å². The van der Waals surface area contributed by atoms with E-state index in [1.165, 1.54) is 0 Å². The fraction of sp³-hybridized carbons (Fsp3) is 0.333. The Balaban J connectivity index is 2.38. The van der Waals surface area contributed by atoms with Gasteiger partial charge in [0.2, 0.25) is 5.75 Å². The lowest BCUT2D eigenvalue weighted by Gasteiger charge is -2.17. The molecule has 0 aromatic heterocycles. The van der Waals surface area contributed by atoms with E-state index in [-0.39, 0.29) is 6.42 Å². The number of amides is 1. The van der Waals surface area contributed by atoms with Crippen molar-refractivity contribution in [3.05, 3.63) is 47.5 Å².